The lowest BCUT2D eigenvalue weighted by atomic mass is 9.83. The lowest BCUT2D eigenvalue weighted by molar-refractivity contribution is -0.147. The van der Waals surface area contributed by atoms with Crippen molar-refractivity contribution in [1.29, 1.82) is 0 Å². The lowest BCUT2D eigenvalue weighted by Crippen LogP contribution is -2.57. The fourth-order valence-corrected chi connectivity index (χ4v) is 3.88. The molecule has 1 heterocycles. The van der Waals surface area contributed by atoms with Crippen LogP contribution in [-0.4, -0.2) is 60.4 Å². The topological polar surface area (TPSA) is 61.8 Å². The van der Waals surface area contributed by atoms with Crippen LogP contribution >= 0.6 is 0 Å². The molecule has 21 heavy (non-hydrogen) atoms. The van der Waals surface area contributed by atoms with Crippen molar-refractivity contribution in [2.24, 2.45) is 5.92 Å². The summed E-state index contributed by atoms with van der Waals surface area (Å²) in [5.74, 6) is -0.431. The summed E-state index contributed by atoms with van der Waals surface area (Å²) in [6.07, 6.45) is 4.84. The number of nitrogens with zero attached hydrogens (tertiary/aromatic N) is 1. The van der Waals surface area contributed by atoms with E-state index in [0.717, 1.165) is 65.0 Å². The summed E-state index contributed by atoms with van der Waals surface area (Å²) in [6.45, 7) is 8.77. The van der Waals surface area contributed by atoms with E-state index < -0.39 is 11.5 Å². The van der Waals surface area contributed by atoms with Crippen molar-refractivity contribution in [2.75, 3.05) is 32.8 Å². The van der Waals surface area contributed by atoms with E-state index in [4.69, 9.17) is 4.74 Å². The van der Waals surface area contributed by atoms with Gasteiger partial charge in [-0.2, -0.15) is 0 Å². The molecule has 2 fully saturated rings. The molecule has 2 aliphatic rings. The first-order valence-electron chi connectivity index (χ1n) is 8.36. The van der Waals surface area contributed by atoms with Gasteiger partial charge in [-0.25, -0.2) is 0 Å². The van der Waals surface area contributed by atoms with Gasteiger partial charge in [-0.05, 0) is 52.0 Å². The van der Waals surface area contributed by atoms with Crippen molar-refractivity contribution in [2.45, 2.75) is 57.5 Å². The molecule has 0 radical (unpaired) electrons. The first-order valence-corrected chi connectivity index (χ1v) is 8.36. The Hall–Kier alpha value is -0.650. The number of carbonyl (C=O) groups is 1. The molecule has 5 heteroatoms. The summed E-state index contributed by atoms with van der Waals surface area (Å²) >= 11 is 0. The van der Waals surface area contributed by atoms with Crippen molar-refractivity contribution in [3.05, 3.63) is 0 Å². The van der Waals surface area contributed by atoms with Gasteiger partial charge in [0, 0.05) is 25.7 Å². The molecule has 2 atom stereocenters. The number of carboxylic acid groups (broad SMARTS) is 1. The van der Waals surface area contributed by atoms with Crippen LogP contribution in [0.4, 0.5) is 0 Å². The molecule has 0 aromatic carbocycles. The average Bonchev–Trinajstić information content (AvgIpc) is 2.66. The van der Waals surface area contributed by atoms with Crippen molar-refractivity contribution >= 4 is 5.97 Å². The highest BCUT2D eigenvalue weighted by atomic mass is 16.5. The highest BCUT2D eigenvalue weighted by Gasteiger charge is 2.49. The maximum absolute atomic E-state index is 11.9. The number of carboxylic acids is 1. The normalized spacial score (nSPS) is 31.5. The molecule has 0 amide bonds. The second-order valence-electron chi connectivity index (χ2n) is 6.76. The molecule has 1 aliphatic carbocycles. The molecular formula is C16H30N2O3. The fraction of sp³-hybridized carbons (Fsp3) is 0.938. The molecule has 1 saturated heterocycles. The van der Waals surface area contributed by atoms with Crippen molar-refractivity contribution in [1.82, 2.24) is 10.2 Å². The minimum atomic E-state index is -0.712. The minimum absolute atomic E-state index is 0.202. The quantitative estimate of drug-likeness (QED) is 0.782. The molecular weight excluding hydrogens is 268 g/mol. The van der Waals surface area contributed by atoms with E-state index in [1.165, 1.54) is 0 Å². The summed E-state index contributed by atoms with van der Waals surface area (Å²) in [5, 5.41) is 13.1. The first kappa shape index (κ1) is 16.7. The number of hydrogen-bond donors (Lipinski definition) is 2. The third-order valence-corrected chi connectivity index (χ3v) is 4.86. The van der Waals surface area contributed by atoms with E-state index >= 15 is 0 Å². The predicted octanol–water partition coefficient (Wildman–Crippen LogP) is 1.72. The lowest BCUT2D eigenvalue weighted by Gasteiger charge is -2.35. The molecule has 0 aromatic heterocycles. The van der Waals surface area contributed by atoms with Crippen LogP contribution in [0.3, 0.4) is 0 Å². The van der Waals surface area contributed by atoms with Crippen LogP contribution in [0.25, 0.3) is 0 Å². The van der Waals surface area contributed by atoms with Crippen LogP contribution in [0.5, 0.6) is 0 Å². The molecule has 122 valence electrons. The Balaban J connectivity index is 1.94. The monoisotopic (exact) mass is 298 g/mol. The molecule has 1 aliphatic heterocycles. The summed E-state index contributed by atoms with van der Waals surface area (Å²) in [7, 11) is 0. The fourth-order valence-electron chi connectivity index (χ4n) is 3.88. The Kier molecular flexibility index (Phi) is 6.02. The van der Waals surface area contributed by atoms with Gasteiger partial charge in [-0.3, -0.25) is 10.1 Å². The minimum Gasteiger partial charge on any atom is -0.480 e. The number of ether oxygens (including phenoxy) is 1. The smallest absolute Gasteiger partial charge is 0.324 e. The second kappa shape index (κ2) is 7.56. The van der Waals surface area contributed by atoms with E-state index in [9.17, 15) is 9.90 Å². The van der Waals surface area contributed by atoms with Crippen LogP contribution in [0.15, 0.2) is 0 Å². The Morgan fingerprint density at radius 1 is 1.38 bits per heavy atom. The van der Waals surface area contributed by atoms with Crippen LogP contribution < -0.4 is 5.32 Å². The van der Waals surface area contributed by atoms with Crippen LogP contribution in [0.1, 0.15) is 46.0 Å². The van der Waals surface area contributed by atoms with Gasteiger partial charge in [-0.1, -0.05) is 6.42 Å². The molecule has 0 bridgehead atoms. The van der Waals surface area contributed by atoms with Crippen molar-refractivity contribution in [3.63, 3.8) is 0 Å². The van der Waals surface area contributed by atoms with Crippen LogP contribution in [0.2, 0.25) is 0 Å². The summed E-state index contributed by atoms with van der Waals surface area (Å²) < 4.78 is 5.48. The Morgan fingerprint density at radius 3 is 2.90 bits per heavy atom. The maximum Gasteiger partial charge on any atom is 0.324 e. The summed E-state index contributed by atoms with van der Waals surface area (Å²) in [6, 6.07) is 0.202. The van der Waals surface area contributed by atoms with Crippen LogP contribution in [0, 0.1) is 5.92 Å². The van der Waals surface area contributed by atoms with Crippen molar-refractivity contribution < 1.29 is 14.6 Å². The van der Waals surface area contributed by atoms with Gasteiger partial charge >= 0.3 is 5.97 Å². The Bertz CT molecular complexity index is 340. The van der Waals surface area contributed by atoms with Crippen molar-refractivity contribution in [3.8, 4) is 0 Å². The molecule has 0 aromatic rings. The second-order valence-corrected chi connectivity index (χ2v) is 6.76. The van der Waals surface area contributed by atoms with Gasteiger partial charge in [0.25, 0.3) is 0 Å². The standard InChI is InChI=1S/C16H30N2O3/c1-13(2)17-16(15(19)20)7-3-5-14(16)6-9-18-8-4-11-21-12-10-18/h13-14,17H,3-12H2,1-2H3,(H,19,20). The van der Waals surface area contributed by atoms with Gasteiger partial charge in [0.05, 0.1) is 6.61 Å². The third-order valence-electron chi connectivity index (χ3n) is 4.86. The third kappa shape index (κ3) is 4.18. The van der Waals surface area contributed by atoms with E-state index in [2.05, 4.69) is 10.2 Å². The number of aliphatic carboxylic acids is 1. The maximum atomic E-state index is 11.9. The number of nitrogens with one attached hydrogen (secondary N) is 1. The zero-order valence-electron chi connectivity index (χ0n) is 13.4. The van der Waals surface area contributed by atoms with E-state index in [-0.39, 0.29) is 12.0 Å². The molecule has 0 spiro atoms. The van der Waals surface area contributed by atoms with Gasteiger partial charge in [0.2, 0.25) is 0 Å². The zero-order chi connectivity index (χ0) is 15.3. The molecule has 1 saturated carbocycles. The predicted molar refractivity (Wildman–Crippen MR) is 82.5 cm³/mol. The average molecular weight is 298 g/mol. The SMILES string of the molecule is CC(C)NC1(C(=O)O)CCCC1CCN1CCCOCC1. The largest absolute Gasteiger partial charge is 0.480 e. The van der Waals surface area contributed by atoms with Gasteiger partial charge in [-0.15, -0.1) is 0 Å². The Labute approximate surface area is 128 Å². The molecule has 2 unspecified atom stereocenters. The number of hydrogen-bond acceptors (Lipinski definition) is 4. The zero-order valence-corrected chi connectivity index (χ0v) is 13.4. The molecule has 5 nitrogen and oxygen atoms in total. The van der Waals surface area contributed by atoms with E-state index in [1.54, 1.807) is 0 Å². The molecule has 2 N–H and O–H groups in total. The number of rotatable bonds is 6. The van der Waals surface area contributed by atoms with Gasteiger partial charge in [0.15, 0.2) is 0 Å². The molecule has 2 rings (SSSR count). The van der Waals surface area contributed by atoms with Crippen LogP contribution in [-0.2, 0) is 9.53 Å². The summed E-state index contributed by atoms with van der Waals surface area (Å²) in [4.78, 5) is 14.3. The highest BCUT2D eigenvalue weighted by molar-refractivity contribution is 5.79. The van der Waals surface area contributed by atoms with Gasteiger partial charge < -0.3 is 14.7 Å². The van der Waals surface area contributed by atoms with Gasteiger partial charge in [0.1, 0.15) is 5.54 Å². The summed E-state index contributed by atoms with van der Waals surface area (Å²) in [5.41, 5.74) is -0.712. The highest BCUT2D eigenvalue weighted by Crippen LogP contribution is 2.38. The first-order chi connectivity index (χ1) is 10.0. The van der Waals surface area contributed by atoms with E-state index in [0.29, 0.717) is 0 Å². The Morgan fingerprint density at radius 2 is 2.19 bits per heavy atom. The van der Waals surface area contributed by atoms with E-state index in [1.807, 2.05) is 13.8 Å².